The van der Waals surface area contributed by atoms with Gasteiger partial charge in [-0.2, -0.15) is 5.26 Å². The molecule has 0 aliphatic carbocycles. The fourth-order valence-electron chi connectivity index (χ4n) is 1.59. The monoisotopic (exact) mass is 181 g/mol. The van der Waals surface area contributed by atoms with Gasteiger partial charge >= 0.3 is 0 Å². The first-order valence-corrected chi connectivity index (χ1v) is 4.75. The van der Waals surface area contributed by atoms with Crippen molar-refractivity contribution in [3.63, 3.8) is 0 Å². The van der Waals surface area contributed by atoms with Crippen LogP contribution in [-0.2, 0) is 6.42 Å². The van der Waals surface area contributed by atoms with Crippen molar-refractivity contribution in [3.05, 3.63) is 48.0 Å². The van der Waals surface area contributed by atoms with Crippen LogP contribution in [0.1, 0.15) is 12.0 Å². The summed E-state index contributed by atoms with van der Waals surface area (Å²) in [5.41, 5.74) is 1.24. The molecule has 0 atom stereocenters. The van der Waals surface area contributed by atoms with Crippen molar-refractivity contribution in [3.8, 4) is 6.07 Å². The van der Waals surface area contributed by atoms with E-state index in [1.165, 1.54) is 16.3 Å². The van der Waals surface area contributed by atoms with Gasteiger partial charge in [0.1, 0.15) is 0 Å². The largest absolute Gasteiger partial charge is 0.198 e. The fourth-order valence-corrected chi connectivity index (χ4v) is 1.59. The predicted molar refractivity (Wildman–Crippen MR) is 57.9 cm³/mol. The normalized spacial score (nSPS) is 9.93. The van der Waals surface area contributed by atoms with Gasteiger partial charge in [0.25, 0.3) is 0 Å². The minimum absolute atomic E-state index is 0.596. The highest BCUT2D eigenvalue weighted by Crippen LogP contribution is 2.16. The summed E-state index contributed by atoms with van der Waals surface area (Å²) < 4.78 is 0. The summed E-state index contributed by atoms with van der Waals surface area (Å²) in [6.07, 6.45) is 1.44. The second-order valence-electron chi connectivity index (χ2n) is 3.34. The zero-order valence-electron chi connectivity index (χ0n) is 7.90. The van der Waals surface area contributed by atoms with E-state index in [0.717, 1.165) is 6.42 Å². The Hall–Kier alpha value is -1.81. The third kappa shape index (κ3) is 1.75. The quantitative estimate of drug-likeness (QED) is 0.697. The van der Waals surface area contributed by atoms with E-state index < -0.39 is 0 Å². The molecule has 0 amide bonds. The van der Waals surface area contributed by atoms with Gasteiger partial charge in [-0.3, -0.25) is 0 Å². The van der Waals surface area contributed by atoms with Crippen LogP contribution in [0.15, 0.2) is 42.5 Å². The first kappa shape index (κ1) is 8.77. The van der Waals surface area contributed by atoms with Crippen LogP contribution in [0.4, 0.5) is 0 Å². The Morgan fingerprint density at radius 3 is 2.57 bits per heavy atom. The second kappa shape index (κ2) is 3.93. The summed E-state index contributed by atoms with van der Waals surface area (Å²) in [6.45, 7) is 0. The van der Waals surface area contributed by atoms with Gasteiger partial charge in [0, 0.05) is 6.42 Å². The highest BCUT2D eigenvalue weighted by molar-refractivity contribution is 5.82. The van der Waals surface area contributed by atoms with Crippen molar-refractivity contribution < 1.29 is 0 Å². The van der Waals surface area contributed by atoms with Gasteiger partial charge in [-0.05, 0) is 22.8 Å². The van der Waals surface area contributed by atoms with E-state index in [-0.39, 0.29) is 0 Å². The average Bonchev–Trinajstić information content (AvgIpc) is 2.26. The molecule has 1 heteroatoms. The van der Waals surface area contributed by atoms with Gasteiger partial charge in [0.05, 0.1) is 6.07 Å². The lowest BCUT2D eigenvalue weighted by Crippen LogP contribution is -1.83. The van der Waals surface area contributed by atoms with Crippen molar-refractivity contribution in [2.75, 3.05) is 0 Å². The minimum atomic E-state index is 0.596. The maximum Gasteiger partial charge on any atom is 0.0625 e. The van der Waals surface area contributed by atoms with Gasteiger partial charge in [0.2, 0.25) is 0 Å². The summed E-state index contributed by atoms with van der Waals surface area (Å²) in [6, 6.07) is 16.8. The Labute approximate surface area is 83.6 Å². The van der Waals surface area contributed by atoms with Gasteiger partial charge < -0.3 is 0 Å². The maximum absolute atomic E-state index is 8.49. The molecule has 14 heavy (non-hydrogen) atoms. The highest BCUT2D eigenvalue weighted by Gasteiger charge is 1.95. The molecule has 0 radical (unpaired) electrons. The van der Waals surface area contributed by atoms with Crippen LogP contribution in [0.5, 0.6) is 0 Å². The Bertz CT molecular complexity index is 480. The molecule has 0 bridgehead atoms. The third-order valence-corrected chi connectivity index (χ3v) is 2.34. The number of nitriles is 1. The predicted octanol–water partition coefficient (Wildman–Crippen LogP) is 3.30. The van der Waals surface area contributed by atoms with E-state index in [4.69, 9.17) is 5.26 Å². The molecule has 2 aromatic carbocycles. The van der Waals surface area contributed by atoms with Crippen molar-refractivity contribution in [2.45, 2.75) is 12.8 Å². The van der Waals surface area contributed by atoms with Crippen LogP contribution in [-0.4, -0.2) is 0 Å². The van der Waals surface area contributed by atoms with Gasteiger partial charge in [-0.1, -0.05) is 42.5 Å². The van der Waals surface area contributed by atoms with Gasteiger partial charge in [-0.15, -0.1) is 0 Å². The molecule has 0 saturated carbocycles. The summed E-state index contributed by atoms with van der Waals surface area (Å²) >= 11 is 0. The minimum Gasteiger partial charge on any atom is -0.198 e. The summed E-state index contributed by atoms with van der Waals surface area (Å²) in [4.78, 5) is 0. The average molecular weight is 181 g/mol. The van der Waals surface area contributed by atoms with Gasteiger partial charge in [-0.25, -0.2) is 0 Å². The molecule has 1 nitrogen and oxygen atoms in total. The molecular weight excluding hydrogens is 170 g/mol. The molecule has 0 unspecified atom stereocenters. The number of rotatable bonds is 2. The molecule has 0 N–H and O–H groups in total. The molecule has 0 aliphatic rings. The molecule has 0 saturated heterocycles. The van der Waals surface area contributed by atoms with E-state index in [1.54, 1.807) is 0 Å². The maximum atomic E-state index is 8.49. The zero-order valence-corrected chi connectivity index (χ0v) is 7.90. The zero-order chi connectivity index (χ0) is 9.80. The number of aryl methyl sites for hydroxylation is 1. The van der Waals surface area contributed by atoms with E-state index in [9.17, 15) is 0 Å². The van der Waals surface area contributed by atoms with Crippen LogP contribution in [0.2, 0.25) is 0 Å². The van der Waals surface area contributed by atoms with E-state index in [2.05, 4.69) is 36.4 Å². The first-order valence-electron chi connectivity index (χ1n) is 4.75. The third-order valence-electron chi connectivity index (χ3n) is 2.34. The number of hydrogen-bond donors (Lipinski definition) is 0. The van der Waals surface area contributed by atoms with Crippen LogP contribution >= 0.6 is 0 Å². The lowest BCUT2D eigenvalue weighted by atomic mass is 10.0. The van der Waals surface area contributed by atoms with Crippen molar-refractivity contribution in [2.24, 2.45) is 0 Å². The first-order chi connectivity index (χ1) is 6.90. The van der Waals surface area contributed by atoms with Crippen molar-refractivity contribution in [1.82, 2.24) is 0 Å². The van der Waals surface area contributed by atoms with E-state index in [0.29, 0.717) is 6.42 Å². The SMILES string of the molecule is N#CCCc1ccc2ccccc2c1. The molecule has 0 fully saturated rings. The second-order valence-corrected chi connectivity index (χ2v) is 3.34. The van der Waals surface area contributed by atoms with E-state index >= 15 is 0 Å². The summed E-state index contributed by atoms with van der Waals surface area (Å²) in [7, 11) is 0. The molecular formula is C13H11N. The van der Waals surface area contributed by atoms with Crippen LogP contribution in [0.25, 0.3) is 10.8 Å². The number of fused-ring (bicyclic) bond motifs is 1. The molecule has 2 rings (SSSR count). The van der Waals surface area contributed by atoms with Crippen LogP contribution in [0.3, 0.4) is 0 Å². The Balaban J connectivity index is 2.37. The lowest BCUT2D eigenvalue weighted by molar-refractivity contribution is 1.01. The molecule has 2 aromatic rings. The number of nitrogens with zero attached hydrogens (tertiary/aromatic N) is 1. The standard InChI is InChI=1S/C13H11N/c14-9-3-4-11-7-8-12-5-1-2-6-13(12)10-11/h1-2,5-8,10H,3-4H2. The summed E-state index contributed by atoms with van der Waals surface area (Å²) in [5.74, 6) is 0. The Morgan fingerprint density at radius 1 is 1.00 bits per heavy atom. The molecule has 68 valence electrons. The van der Waals surface area contributed by atoms with Crippen LogP contribution in [0, 0.1) is 11.3 Å². The Kier molecular flexibility index (Phi) is 2.46. The molecule has 0 aromatic heterocycles. The molecule has 0 aliphatic heterocycles. The number of hydrogen-bond acceptors (Lipinski definition) is 1. The highest BCUT2D eigenvalue weighted by atomic mass is 14.2. The summed E-state index contributed by atoms with van der Waals surface area (Å²) in [5, 5.41) is 11.0. The van der Waals surface area contributed by atoms with Gasteiger partial charge in [0.15, 0.2) is 0 Å². The number of benzene rings is 2. The Morgan fingerprint density at radius 2 is 1.79 bits per heavy atom. The topological polar surface area (TPSA) is 23.8 Å². The van der Waals surface area contributed by atoms with Crippen molar-refractivity contribution in [1.29, 1.82) is 5.26 Å². The van der Waals surface area contributed by atoms with Crippen LogP contribution < -0.4 is 0 Å². The van der Waals surface area contributed by atoms with E-state index in [1.807, 2.05) is 12.1 Å². The molecule has 0 spiro atoms. The lowest BCUT2D eigenvalue weighted by Gasteiger charge is -2.00. The fraction of sp³-hybridized carbons (Fsp3) is 0.154. The molecule has 0 heterocycles. The van der Waals surface area contributed by atoms with Crippen molar-refractivity contribution >= 4 is 10.8 Å². The smallest absolute Gasteiger partial charge is 0.0625 e.